The molecule has 3 rings (SSSR count). The molecule has 4 heteroatoms. The lowest BCUT2D eigenvalue weighted by molar-refractivity contribution is 1.05. The molecular weight excluding hydrogens is 302 g/mol. The zero-order valence-corrected chi connectivity index (χ0v) is 12.0. The molecule has 0 unspecified atom stereocenters. The molecule has 0 fully saturated rings. The number of nitrogens with one attached hydrogen (secondary N) is 1. The number of benzene rings is 1. The Morgan fingerprint density at radius 2 is 1.84 bits per heavy atom. The molecule has 1 N–H and O–H groups in total. The first-order valence-electron chi connectivity index (χ1n) is 5.97. The zero-order valence-electron chi connectivity index (χ0n) is 10.4. The molecule has 1 aromatic carbocycles. The predicted molar refractivity (Wildman–Crippen MR) is 79.7 cm³/mol. The lowest BCUT2D eigenvalue weighted by Crippen LogP contribution is -1.84. The summed E-state index contributed by atoms with van der Waals surface area (Å²) in [5, 5.41) is 7.51. The quantitative estimate of drug-likeness (QED) is 0.770. The summed E-state index contributed by atoms with van der Waals surface area (Å²) >= 11 is 3.50. The maximum absolute atomic E-state index is 4.44. The number of nitrogens with zero attached hydrogens (tertiary/aromatic N) is 2. The van der Waals surface area contributed by atoms with Gasteiger partial charge in [0.1, 0.15) is 5.69 Å². The predicted octanol–water partition coefficient (Wildman–Crippen LogP) is 4.21. The maximum atomic E-state index is 4.44. The number of aromatic amines is 1. The van der Waals surface area contributed by atoms with Gasteiger partial charge in [0.2, 0.25) is 0 Å². The second-order valence-corrected chi connectivity index (χ2v) is 5.23. The van der Waals surface area contributed by atoms with Crippen LogP contribution in [0.5, 0.6) is 0 Å². The largest absolute Gasteiger partial charge is 0.282 e. The fourth-order valence-electron chi connectivity index (χ4n) is 2.15. The van der Waals surface area contributed by atoms with E-state index in [0.717, 1.165) is 32.6 Å². The van der Waals surface area contributed by atoms with Crippen LogP contribution < -0.4 is 0 Å². The molecule has 2 heterocycles. The van der Waals surface area contributed by atoms with Gasteiger partial charge in [-0.3, -0.25) is 10.1 Å². The minimum Gasteiger partial charge on any atom is -0.282 e. The van der Waals surface area contributed by atoms with Crippen LogP contribution in [0.3, 0.4) is 0 Å². The Kier molecular flexibility index (Phi) is 3.17. The van der Waals surface area contributed by atoms with Crippen molar-refractivity contribution in [2.75, 3.05) is 0 Å². The van der Waals surface area contributed by atoms with Crippen LogP contribution in [0.15, 0.2) is 53.3 Å². The van der Waals surface area contributed by atoms with Gasteiger partial charge < -0.3 is 0 Å². The summed E-state index contributed by atoms with van der Waals surface area (Å²) < 4.78 is 1.05. The molecule has 0 spiro atoms. The van der Waals surface area contributed by atoms with E-state index in [1.807, 2.05) is 31.2 Å². The Bertz CT molecular complexity index is 704. The van der Waals surface area contributed by atoms with Crippen LogP contribution >= 0.6 is 15.9 Å². The van der Waals surface area contributed by atoms with E-state index in [2.05, 4.69) is 43.2 Å². The van der Waals surface area contributed by atoms with Crippen LogP contribution in [-0.4, -0.2) is 15.2 Å². The summed E-state index contributed by atoms with van der Waals surface area (Å²) in [6, 6.07) is 12.2. The number of hydrogen-bond acceptors (Lipinski definition) is 2. The van der Waals surface area contributed by atoms with Crippen molar-refractivity contribution < 1.29 is 0 Å². The molecule has 0 radical (unpaired) electrons. The molecule has 2 aromatic heterocycles. The third-order valence-electron chi connectivity index (χ3n) is 3.01. The minimum atomic E-state index is 0.963. The molecule has 0 bridgehead atoms. The summed E-state index contributed by atoms with van der Waals surface area (Å²) in [4.78, 5) is 4.06. The van der Waals surface area contributed by atoms with Crippen molar-refractivity contribution >= 4 is 15.9 Å². The highest BCUT2D eigenvalue weighted by atomic mass is 79.9. The molecule has 3 aromatic rings. The molecule has 0 amide bonds. The van der Waals surface area contributed by atoms with Crippen molar-refractivity contribution in [3.8, 4) is 22.4 Å². The highest BCUT2D eigenvalue weighted by Gasteiger charge is 2.14. The third kappa shape index (κ3) is 2.31. The van der Waals surface area contributed by atoms with Gasteiger partial charge in [-0.1, -0.05) is 28.1 Å². The van der Waals surface area contributed by atoms with Gasteiger partial charge in [0.15, 0.2) is 0 Å². The molecule has 0 aliphatic rings. The van der Waals surface area contributed by atoms with E-state index in [0.29, 0.717) is 0 Å². The fraction of sp³-hybridized carbons (Fsp3) is 0.0667. The van der Waals surface area contributed by atoms with Gasteiger partial charge in [0, 0.05) is 33.7 Å². The van der Waals surface area contributed by atoms with Crippen molar-refractivity contribution in [3.05, 3.63) is 59.0 Å². The average Bonchev–Trinajstić information content (AvgIpc) is 2.82. The van der Waals surface area contributed by atoms with Crippen molar-refractivity contribution in [1.29, 1.82) is 0 Å². The Labute approximate surface area is 119 Å². The smallest absolute Gasteiger partial charge is 0.100 e. The fourth-order valence-corrected chi connectivity index (χ4v) is 2.54. The van der Waals surface area contributed by atoms with Crippen LogP contribution in [0.1, 0.15) is 5.69 Å². The number of aryl methyl sites for hydroxylation is 1. The van der Waals surface area contributed by atoms with E-state index in [-0.39, 0.29) is 0 Å². The molecule has 19 heavy (non-hydrogen) atoms. The lowest BCUT2D eigenvalue weighted by atomic mass is 10.0. The first-order chi connectivity index (χ1) is 9.25. The van der Waals surface area contributed by atoms with Crippen LogP contribution in [0.25, 0.3) is 22.4 Å². The summed E-state index contributed by atoms with van der Waals surface area (Å²) in [5.41, 5.74) is 5.36. The lowest BCUT2D eigenvalue weighted by Gasteiger charge is -2.04. The van der Waals surface area contributed by atoms with Crippen LogP contribution in [0.4, 0.5) is 0 Å². The summed E-state index contributed by atoms with van der Waals surface area (Å²) in [6.45, 7) is 2.03. The molecule has 94 valence electrons. The second-order valence-electron chi connectivity index (χ2n) is 4.32. The monoisotopic (exact) mass is 313 g/mol. The highest BCUT2D eigenvalue weighted by Crippen LogP contribution is 2.33. The number of rotatable bonds is 2. The Hall–Kier alpha value is -1.94. The standard InChI is InChI=1S/C15H12BrN3/c1-10-14(11-5-7-17-8-6-11)15(19-18-10)12-3-2-4-13(16)9-12/h2-9H,1H3,(H,18,19). The number of pyridine rings is 1. The topological polar surface area (TPSA) is 41.6 Å². The minimum absolute atomic E-state index is 0.963. The van der Waals surface area contributed by atoms with Crippen LogP contribution in [-0.2, 0) is 0 Å². The van der Waals surface area contributed by atoms with Gasteiger partial charge in [-0.2, -0.15) is 5.10 Å². The van der Waals surface area contributed by atoms with Gasteiger partial charge in [-0.25, -0.2) is 0 Å². The average molecular weight is 314 g/mol. The van der Waals surface area contributed by atoms with Crippen molar-refractivity contribution in [1.82, 2.24) is 15.2 Å². The van der Waals surface area contributed by atoms with Crippen molar-refractivity contribution in [2.45, 2.75) is 6.92 Å². The summed E-state index contributed by atoms with van der Waals surface area (Å²) in [5.74, 6) is 0. The number of hydrogen-bond donors (Lipinski definition) is 1. The SMILES string of the molecule is Cc1[nH]nc(-c2cccc(Br)c2)c1-c1ccncc1. The number of halogens is 1. The number of H-pyrrole nitrogens is 1. The highest BCUT2D eigenvalue weighted by molar-refractivity contribution is 9.10. The van der Waals surface area contributed by atoms with Crippen LogP contribution in [0, 0.1) is 6.92 Å². The maximum Gasteiger partial charge on any atom is 0.100 e. The van der Waals surface area contributed by atoms with Gasteiger partial charge in [0.05, 0.1) is 0 Å². The van der Waals surface area contributed by atoms with E-state index >= 15 is 0 Å². The molecular formula is C15H12BrN3. The molecule has 0 saturated carbocycles. The number of aromatic nitrogens is 3. The normalized spacial score (nSPS) is 10.6. The van der Waals surface area contributed by atoms with Crippen molar-refractivity contribution in [3.63, 3.8) is 0 Å². The van der Waals surface area contributed by atoms with Gasteiger partial charge >= 0.3 is 0 Å². The molecule has 3 nitrogen and oxygen atoms in total. The molecule has 0 aliphatic heterocycles. The van der Waals surface area contributed by atoms with E-state index in [1.165, 1.54) is 0 Å². The van der Waals surface area contributed by atoms with E-state index in [1.54, 1.807) is 12.4 Å². The Morgan fingerprint density at radius 1 is 1.05 bits per heavy atom. The van der Waals surface area contributed by atoms with E-state index in [4.69, 9.17) is 0 Å². The first-order valence-corrected chi connectivity index (χ1v) is 6.76. The second kappa shape index (κ2) is 4.97. The van der Waals surface area contributed by atoms with Gasteiger partial charge in [0.25, 0.3) is 0 Å². The summed E-state index contributed by atoms with van der Waals surface area (Å²) in [6.07, 6.45) is 3.60. The first kappa shape index (κ1) is 12.1. The van der Waals surface area contributed by atoms with Crippen molar-refractivity contribution in [2.24, 2.45) is 0 Å². The third-order valence-corrected chi connectivity index (χ3v) is 3.51. The summed E-state index contributed by atoms with van der Waals surface area (Å²) in [7, 11) is 0. The molecule has 0 atom stereocenters. The molecule has 0 saturated heterocycles. The van der Waals surface area contributed by atoms with E-state index < -0.39 is 0 Å². The van der Waals surface area contributed by atoms with Gasteiger partial charge in [-0.05, 0) is 36.8 Å². The van der Waals surface area contributed by atoms with Crippen LogP contribution in [0.2, 0.25) is 0 Å². The zero-order chi connectivity index (χ0) is 13.2. The van der Waals surface area contributed by atoms with E-state index in [9.17, 15) is 0 Å². The molecule has 0 aliphatic carbocycles. The Balaban J connectivity index is 2.19. The van der Waals surface area contributed by atoms with Gasteiger partial charge in [-0.15, -0.1) is 0 Å². The Morgan fingerprint density at radius 3 is 2.58 bits per heavy atom.